The average Bonchev–Trinajstić information content (AvgIpc) is 2.74. The van der Waals surface area contributed by atoms with Crippen molar-refractivity contribution < 1.29 is 4.79 Å². The fraction of sp³-hybridized carbons (Fsp3) is 0.458. The van der Waals surface area contributed by atoms with Crippen molar-refractivity contribution in [3.05, 3.63) is 71.8 Å². The number of ketones is 1. The molecule has 2 aromatic carbocycles. The molecule has 3 rings (SSSR count). The highest BCUT2D eigenvalue weighted by Crippen LogP contribution is 2.46. The van der Waals surface area contributed by atoms with E-state index in [-0.39, 0.29) is 4.75 Å². The molecule has 0 aliphatic carbocycles. The summed E-state index contributed by atoms with van der Waals surface area (Å²) in [5.41, 5.74) is 2.46. The maximum Gasteiger partial charge on any atom is 0.136 e. The van der Waals surface area contributed by atoms with Crippen LogP contribution >= 0.6 is 11.8 Å². The molecule has 1 fully saturated rings. The topological polar surface area (TPSA) is 20.3 Å². The monoisotopic (exact) mass is 381 g/mol. The normalized spacial score (nSPS) is 15.6. The Balaban J connectivity index is 1.81. The van der Waals surface area contributed by atoms with E-state index in [1.807, 2.05) is 23.9 Å². The van der Waals surface area contributed by atoms with E-state index >= 15 is 0 Å². The fourth-order valence-electron chi connectivity index (χ4n) is 4.08. The Labute approximate surface area is 168 Å². The van der Waals surface area contributed by atoms with Gasteiger partial charge in [0, 0.05) is 19.4 Å². The third-order valence-electron chi connectivity index (χ3n) is 5.47. The lowest BCUT2D eigenvalue weighted by molar-refractivity contribution is -0.119. The average molecular weight is 382 g/mol. The van der Waals surface area contributed by atoms with E-state index in [1.165, 1.54) is 30.4 Å². The second-order valence-electron chi connectivity index (χ2n) is 7.36. The Bertz CT molecular complexity index is 655. The van der Waals surface area contributed by atoms with Crippen molar-refractivity contribution in [2.24, 2.45) is 0 Å². The summed E-state index contributed by atoms with van der Waals surface area (Å²) in [7, 11) is 0. The first kappa shape index (κ1) is 20.2. The van der Waals surface area contributed by atoms with Crippen LogP contribution < -0.4 is 0 Å². The van der Waals surface area contributed by atoms with Gasteiger partial charge in [0.25, 0.3) is 0 Å². The van der Waals surface area contributed by atoms with E-state index in [9.17, 15) is 4.79 Å². The molecular formula is C24H31NOS. The van der Waals surface area contributed by atoms with Gasteiger partial charge in [-0.25, -0.2) is 0 Å². The van der Waals surface area contributed by atoms with E-state index in [0.29, 0.717) is 18.6 Å². The summed E-state index contributed by atoms with van der Waals surface area (Å²) in [5, 5.41) is 0. The van der Waals surface area contributed by atoms with Gasteiger partial charge < -0.3 is 4.90 Å². The van der Waals surface area contributed by atoms with Crippen LogP contribution in [0.3, 0.4) is 0 Å². The van der Waals surface area contributed by atoms with Crippen molar-refractivity contribution in [2.45, 2.75) is 43.8 Å². The summed E-state index contributed by atoms with van der Waals surface area (Å²) < 4.78 is -0.295. The van der Waals surface area contributed by atoms with Gasteiger partial charge in [0.05, 0.1) is 4.75 Å². The molecule has 3 heteroatoms. The maximum absolute atomic E-state index is 13.1. The van der Waals surface area contributed by atoms with Gasteiger partial charge in [0.15, 0.2) is 0 Å². The number of hydrogen-bond donors (Lipinski definition) is 0. The first-order chi connectivity index (χ1) is 13.2. The third-order valence-corrected chi connectivity index (χ3v) is 6.87. The molecule has 0 N–H and O–H groups in total. The molecule has 2 nitrogen and oxygen atoms in total. The molecule has 0 atom stereocenters. The number of likely N-dealkylation sites (tertiary alicyclic amines) is 1. The van der Waals surface area contributed by atoms with Gasteiger partial charge in [-0.1, -0.05) is 74.0 Å². The van der Waals surface area contributed by atoms with Crippen LogP contribution in [0.1, 0.15) is 50.2 Å². The standard InChI is InChI=1S/C24H31NOS/c1-2-27-24(21-12-6-3-7-13-21,22-14-8-4-9-15-22)20-23(26)16-19-25-17-10-5-11-18-25/h3-4,6-9,12-15H,2,5,10-11,16-20H2,1H3. The van der Waals surface area contributed by atoms with Gasteiger partial charge in [-0.2, -0.15) is 0 Å². The molecular weight excluding hydrogens is 350 g/mol. The van der Waals surface area contributed by atoms with Crippen molar-refractivity contribution in [1.29, 1.82) is 0 Å². The summed E-state index contributed by atoms with van der Waals surface area (Å²) in [5.74, 6) is 1.35. The second-order valence-corrected chi connectivity index (χ2v) is 8.92. The molecule has 0 unspecified atom stereocenters. The number of piperidine rings is 1. The molecule has 2 aromatic rings. The predicted octanol–water partition coefficient (Wildman–Crippen LogP) is 5.52. The van der Waals surface area contributed by atoms with Crippen LogP contribution in [0.15, 0.2) is 60.7 Å². The zero-order valence-corrected chi connectivity index (χ0v) is 17.2. The highest BCUT2D eigenvalue weighted by molar-refractivity contribution is 8.00. The van der Waals surface area contributed by atoms with E-state index in [2.05, 4.69) is 60.4 Å². The van der Waals surface area contributed by atoms with Gasteiger partial charge in [0.1, 0.15) is 5.78 Å². The molecule has 0 saturated carbocycles. The van der Waals surface area contributed by atoms with Crippen LogP contribution in [-0.4, -0.2) is 36.1 Å². The summed E-state index contributed by atoms with van der Waals surface area (Å²) in [6.45, 7) is 5.40. The third kappa shape index (κ3) is 5.24. The van der Waals surface area contributed by atoms with Gasteiger partial charge in [0.2, 0.25) is 0 Å². The van der Waals surface area contributed by atoms with Gasteiger partial charge in [-0.3, -0.25) is 4.79 Å². The molecule has 0 amide bonds. The molecule has 1 aliphatic rings. The number of Topliss-reactive ketones (excluding diaryl/α,β-unsaturated/α-hetero) is 1. The van der Waals surface area contributed by atoms with Crippen molar-refractivity contribution in [2.75, 3.05) is 25.4 Å². The van der Waals surface area contributed by atoms with Gasteiger partial charge in [-0.05, 0) is 42.8 Å². The Hall–Kier alpha value is -1.58. The summed E-state index contributed by atoms with van der Waals surface area (Å²) in [6.07, 6.45) is 5.11. The Kier molecular flexibility index (Phi) is 7.54. The van der Waals surface area contributed by atoms with Crippen molar-refractivity contribution in [3.63, 3.8) is 0 Å². The maximum atomic E-state index is 13.1. The lowest BCUT2D eigenvalue weighted by atomic mass is 9.85. The Morgan fingerprint density at radius 2 is 1.48 bits per heavy atom. The van der Waals surface area contributed by atoms with E-state index < -0.39 is 0 Å². The minimum absolute atomic E-state index is 0.295. The van der Waals surface area contributed by atoms with Gasteiger partial charge in [-0.15, -0.1) is 11.8 Å². The smallest absolute Gasteiger partial charge is 0.136 e. The van der Waals surface area contributed by atoms with Crippen LogP contribution in [0.5, 0.6) is 0 Å². The van der Waals surface area contributed by atoms with Crippen LogP contribution in [0.25, 0.3) is 0 Å². The van der Waals surface area contributed by atoms with E-state index in [1.54, 1.807) is 0 Å². The zero-order valence-electron chi connectivity index (χ0n) is 16.4. The zero-order chi connectivity index (χ0) is 19.0. The molecule has 1 saturated heterocycles. The summed E-state index contributed by atoms with van der Waals surface area (Å²) in [6, 6.07) is 21.1. The predicted molar refractivity (Wildman–Crippen MR) is 116 cm³/mol. The number of benzene rings is 2. The molecule has 0 bridgehead atoms. The number of rotatable bonds is 9. The number of nitrogens with zero attached hydrogens (tertiary/aromatic N) is 1. The first-order valence-corrected chi connectivity index (χ1v) is 11.2. The number of carbonyl (C=O) groups excluding carboxylic acids is 1. The molecule has 144 valence electrons. The van der Waals surface area contributed by atoms with Crippen LogP contribution in [0.4, 0.5) is 0 Å². The quantitative estimate of drug-likeness (QED) is 0.570. The highest BCUT2D eigenvalue weighted by Gasteiger charge is 2.36. The minimum atomic E-state index is -0.295. The SMILES string of the molecule is CCSC(CC(=O)CCN1CCCCC1)(c1ccccc1)c1ccccc1. The first-order valence-electron chi connectivity index (χ1n) is 10.2. The lowest BCUT2D eigenvalue weighted by Gasteiger charge is -2.34. The molecule has 0 radical (unpaired) electrons. The largest absolute Gasteiger partial charge is 0.303 e. The van der Waals surface area contributed by atoms with E-state index in [0.717, 1.165) is 25.4 Å². The van der Waals surface area contributed by atoms with Crippen LogP contribution in [0, 0.1) is 0 Å². The lowest BCUT2D eigenvalue weighted by Crippen LogP contribution is -2.33. The van der Waals surface area contributed by atoms with Crippen molar-refractivity contribution >= 4 is 17.5 Å². The molecule has 27 heavy (non-hydrogen) atoms. The summed E-state index contributed by atoms with van der Waals surface area (Å²) >= 11 is 1.89. The van der Waals surface area contributed by atoms with Gasteiger partial charge >= 0.3 is 0 Å². The Morgan fingerprint density at radius 3 is 2.00 bits per heavy atom. The minimum Gasteiger partial charge on any atom is -0.303 e. The fourth-order valence-corrected chi connectivity index (χ4v) is 5.44. The molecule has 0 aromatic heterocycles. The van der Waals surface area contributed by atoms with Crippen LogP contribution in [0.2, 0.25) is 0 Å². The molecule has 1 heterocycles. The number of carbonyl (C=O) groups is 1. The highest BCUT2D eigenvalue weighted by atomic mass is 32.2. The molecule has 1 aliphatic heterocycles. The molecule has 0 spiro atoms. The number of thioether (sulfide) groups is 1. The second kappa shape index (κ2) is 10.1. The van der Waals surface area contributed by atoms with Crippen LogP contribution in [-0.2, 0) is 9.54 Å². The van der Waals surface area contributed by atoms with E-state index in [4.69, 9.17) is 0 Å². The summed E-state index contributed by atoms with van der Waals surface area (Å²) in [4.78, 5) is 15.5. The van der Waals surface area contributed by atoms with Crippen molar-refractivity contribution in [1.82, 2.24) is 4.90 Å². The number of hydrogen-bond acceptors (Lipinski definition) is 3. The Morgan fingerprint density at radius 1 is 0.926 bits per heavy atom. The van der Waals surface area contributed by atoms with Crippen molar-refractivity contribution in [3.8, 4) is 0 Å².